The van der Waals surface area contributed by atoms with Crippen molar-refractivity contribution in [3.63, 3.8) is 0 Å². The number of rotatable bonds is 1. The van der Waals surface area contributed by atoms with E-state index in [1.165, 1.54) is 12.1 Å². The van der Waals surface area contributed by atoms with Gasteiger partial charge in [0.2, 0.25) is 0 Å². The van der Waals surface area contributed by atoms with Gasteiger partial charge in [0, 0.05) is 14.5 Å². The Morgan fingerprint density at radius 2 is 1.83 bits per heavy atom. The Bertz CT molecular complexity index is 717. The van der Waals surface area contributed by atoms with Gasteiger partial charge >= 0.3 is 0 Å². The lowest BCUT2D eigenvalue weighted by molar-refractivity contribution is 0.627. The summed E-state index contributed by atoms with van der Waals surface area (Å²) < 4.78 is 15.0. The lowest BCUT2D eigenvalue weighted by Gasteiger charge is -1.98. The van der Waals surface area contributed by atoms with Crippen LogP contribution in [0.5, 0.6) is 0 Å². The molecule has 2 aromatic carbocycles. The zero-order chi connectivity index (χ0) is 12.7. The Kier molecular flexibility index (Phi) is 2.95. The first-order chi connectivity index (χ1) is 8.61. The van der Waals surface area contributed by atoms with E-state index < -0.39 is 0 Å². The molecule has 1 heterocycles. The number of halogens is 3. The lowest BCUT2D eigenvalue weighted by Crippen LogP contribution is -1.83. The van der Waals surface area contributed by atoms with Crippen LogP contribution in [-0.2, 0) is 0 Å². The van der Waals surface area contributed by atoms with E-state index in [-0.39, 0.29) is 5.82 Å². The number of aromatic nitrogens is 2. The third kappa shape index (κ3) is 2.20. The largest absolute Gasteiger partial charge is 0.338 e. The van der Waals surface area contributed by atoms with Crippen LogP contribution in [0.4, 0.5) is 4.39 Å². The molecule has 0 aliphatic rings. The van der Waals surface area contributed by atoms with Crippen molar-refractivity contribution in [1.82, 2.24) is 9.97 Å². The van der Waals surface area contributed by atoms with Crippen LogP contribution in [0, 0.1) is 5.82 Å². The number of hydrogen-bond donors (Lipinski definition) is 1. The molecular weight excluding hydrogens is 363 g/mol. The van der Waals surface area contributed by atoms with Crippen LogP contribution in [0.15, 0.2) is 45.3 Å². The molecule has 0 atom stereocenters. The highest BCUT2D eigenvalue weighted by Gasteiger charge is 2.07. The van der Waals surface area contributed by atoms with E-state index in [1.54, 1.807) is 0 Å². The maximum Gasteiger partial charge on any atom is 0.138 e. The van der Waals surface area contributed by atoms with Gasteiger partial charge < -0.3 is 4.98 Å². The molecule has 0 fully saturated rings. The number of fused-ring (bicyclic) bond motifs is 1. The highest BCUT2D eigenvalue weighted by molar-refractivity contribution is 9.10. The number of nitrogens with one attached hydrogen (secondary N) is 1. The number of imidazole rings is 1. The van der Waals surface area contributed by atoms with Crippen molar-refractivity contribution >= 4 is 42.9 Å². The Morgan fingerprint density at radius 3 is 2.61 bits per heavy atom. The average molecular weight is 370 g/mol. The first-order valence-corrected chi connectivity index (χ1v) is 6.82. The van der Waals surface area contributed by atoms with Gasteiger partial charge in [0.25, 0.3) is 0 Å². The van der Waals surface area contributed by atoms with Crippen LogP contribution < -0.4 is 0 Å². The Hall–Kier alpha value is -1.20. The van der Waals surface area contributed by atoms with Crippen LogP contribution in [0.2, 0.25) is 0 Å². The average Bonchev–Trinajstić information content (AvgIpc) is 2.70. The normalized spacial score (nSPS) is 11.1. The van der Waals surface area contributed by atoms with Crippen LogP contribution in [-0.4, -0.2) is 9.97 Å². The van der Waals surface area contributed by atoms with Gasteiger partial charge in [-0.3, -0.25) is 0 Å². The predicted octanol–water partition coefficient (Wildman–Crippen LogP) is 4.89. The monoisotopic (exact) mass is 368 g/mol. The maximum absolute atomic E-state index is 13.4. The van der Waals surface area contributed by atoms with Crippen LogP contribution in [0.25, 0.3) is 22.4 Å². The molecule has 3 aromatic rings. The lowest BCUT2D eigenvalue weighted by atomic mass is 10.2. The predicted molar refractivity (Wildman–Crippen MR) is 76.9 cm³/mol. The first-order valence-electron chi connectivity index (χ1n) is 5.23. The van der Waals surface area contributed by atoms with Gasteiger partial charge in [-0.05, 0) is 36.4 Å². The van der Waals surface area contributed by atoms with Crippen molar-refractivity contribution in [2.45, 2.75) is 0 Å². The van der Waals surface area contributed by atoms with Crippen LogP contribution in [0.3, 0.4) is 0 Å². The smallest absolute Gasteiger partial charge is 0.138 e. The molecule has 0 unspecified atom stereocenters. The molecule has 0 aliphatic carbocycles. The topological polar surface area (TPSA) is 28.7 Å². The third-order valence-corrected chi connectivity index (χ3v) is 3.53. The number of hydrogen-bond acceptors (Lipinski definition) is 1. The second kappa shape index (κ2) is 4.48. The first kappa shape index (κ1) is 11.9. The van der Waals surface area contributed by atoms with E-state index in [0.29, 0.717) is 15.9 Å². The summed E-state index contributed by atoms with van der Waals surface area (Å²) in [5.41, 5.74) is 2.49. The molecule has 18 heavy (non-hydrogen) atoms. The zero-order valence-corrected chi connectivity index (χ0v) is 12.2. The van der Waals surface area contributed by atoms with Crippen molar-refractivity contribution in [2.24, 2.45) is 0 Å². The highest BCUT2D eigenvalue weighted by atomic mass is 79.9. The number of nitrogens with zero attached hydrogens (tertiary/aromatic N) is 1. The molecule has 0 aliphatic heterocycles. The van der Waals surface area contributed by atoms with Gasteiger partial charge in [-0.25, -0.2) is 9.37 Å². The molecule has 0 saturated carbocycles. The molecule has 5 heteroatoms. The number of H-pyrrole nitrogens is 1. The molecule has 3 rings (SSSR count). The summed E-state index contributed by atoms with van der Waals surface area (Å²) in [7, 11) is 0. The SMILES string of the molecule is Fc1cc(Br)cc(-c2nc3ccc(Br)cc3[nH]2)c1. The molecule has 0 bridgehead atoms. The second-order valence-corrected chi connectivity index (χ2v) is 5.74. The minimum absolute atomic E-state index is 0.291. The van der Waals surface area contributed by atoms with E-state index in [1.807, 2.05) is 24.3 Å². The van der Waals surface area contributed by atoms with E-state index >= 15 is 0 Å². The van der Waals surface area contributed by atoms with E-state index in [2.05, 4.69) is 41.8 Å². The number of aromatic amines is 1. The molecular formula is C13H7Br2FN2. The summed E-state index contributed by atoms with van der Waals surface area (Å²) in [5.74, 6) is 0.365. The van der Waals surface area contributed by atoms with Gasteiger partial charge in [0.1, 0.15) is 11.6 Å². The Labute approximate surface area is 119 Å². The van der Waals surface area contributed by atoms with Crippen LogP contribution in [0.1, 0.15) is 0 Å². The van der Waals surface area contributed by atoms with Crippen molar-refractivity contribution < 1.29 is 4.39 Å². The molecule has 0 saturated heterocycles. The van der Waals surface area contributed by atoms with Gasteiger partial charge in [-0.15, -0.1) is 0 Å². The summed E-state index contributed by atoms with van der Waals surface area (Å²) in [6, 6.07) is 10.5. The summed E-state index contributed by atoms with van der Waals surface area (Å²) in [5, 5.41) is 0. The van der Waals surface area contributed by atoms with Gasteiger partial charge in [0.05, 0.1) is 11.0 Å². The van der Waals surface area contributed by atoms with Crippen molar-refractivity contribution in [3.8, 4) is 11.4 Å². The molecule has 1 aromatic heterocycles. The maximum atomic E-state index is 13.4. The molecule has 1 N–H and O–H groups in total. The highest BCUT2D eigenvalue weighted by Crippen LogP contribution is 2.26. The molecule has 0 spiro atoms. The Morgan fingerprint density at radius 1 is 1.00 bits per heavy atom. The Balaban J connectivity index is 2.19. The quantitative estimate of drug-likeness (QED) is 0.649. The molecule has 0 amide bonds. The van der Waals surface area contributed by atoms with Gasteiger partial charge in [-0.2, -0.15) is 0 Å². The minimum atomic E-state index is -0.291. The summed E-state index contributed by atoms with van der Waals surface area (Å²) in [6.45, 7) is 0. The minimum Gasteiger partial charge on any atom is -0.338 e. The van der Waals surface area contributed by atoms with Gasteiger partial charge in [0.15, 0.2) is 0 Å². The van der Waals surface area contributed by atoms with Crippen LogP contribution >= 0.6 is 31.9 Å². The van der Waals surface area contributed by atoms with E-state index in [9.17, 15) is 4.39 Å². The fraction of sp³-hybridized carbons (Fsp3) is 0. The van der Waals surface area contributed by atoms with Gasteiger partial charge in [-0.1, -0.05) is 31.9 Å². The summed E-state index contributed by atoms with van der Waals surface area (Å²) in [4.78, 5) is 7.62. The fourth-order valence-electron chi connectivity index (χ4n) is 1.81. The number of benzene rings is 2. The third-order valence-electron chi connectivity index (χ3n) is 2.58. The standard InChI is InChI=1S/C13H7Br2FN2/c14-8-1-2-11-12(6-8)18-13(17-11)7-3-9(15)5-10(16)4-7/h1-6H,(H,17,18). The van der Waals surface area contributed by atoms with Crippen molar-refractivity contribution in [1.29, 1.82) is 0 Å². The van der Waals surface area contributed by atoms with Crippen molar-refractivity contribution in [2.75, 3.05) is 0 Å². The molecule has 2 nitrogen and oxygen atoms in total. The summed E-state index contributed by atoms with van der Waals surface area (Å²) >= 11 is 6.68. The van der Waals surface area contributed by atoms with E-state index in [4.69, 9.17) is 0 Å². The molecule has 90 valence electrons. The fourth-order valence-corrected chi connectivity index (χ4v) is 2.64. The van der Waals surface area contributed by atoms with E-state index in [0.717, 1.165) is 15.5 Å². The molecule has 0 radical (unpaired) electrons. The summed E-state index contributed by atoms with van der Waals surface area (Å²) in [6.07, 6.45) is 0. The second-order valence-electron chi connectivity index (χ2n) is 3.91. The zero-order valence-electron chi connectivity index (χ0n) is 9.05. The van der Waals surface area contributed by atoms with Crippen molar-refractivity contribution in [3.05, 3.63) is 51.2 Å².